The van der Waals surface area contributed by atoms with E-state index in [2.05, 4.69) is 5.32 Å². The fourth-order valence-corrected chi connectivity index (χ4v) is 2.69. The van der Waals surface area contributed by atoms with Crippen LogP contribution in [0.1, 0.15) is 25.8 Å². The summed E-state index contributed by atoms with van der Waals surface area (Å²) >= 11 is 6.17. The Kier molecular flexibility index (Phi) is 4.04. The van der Waals surface area contributed by atoms with Gasteiger partial charge >= 0.3 is 5.97 Å². The molecular weight excluding hydrogens is 278 g/mol. The van der Waals surface area contributed by atoms with Gasteiger partial charge in [0.1, 0.15) is 0 Å². The van der Waals surface area contributed by atoms with Crippen LogP contribution in [0.2, 0.25) is 5.02 Å². The first-order valence-corrected chi connectivity index (χ1v) is 6.96. The van der Waals surface area contributed by atoms with E-state index in [0.29, 0.717) is 18.0 Å². The zero-order chi connectivity index (χ0) is 14.9. The van der Waals surface area contributed by atoms with Gasteiger partial charge in [-0.2, -0.15) is 0 Å². The number of hydrogen-bond acceptors (Lipinski definition) is 2. The third kappa shape index (κ3) is 3.12. The monoisotopic (exact) mass is 295 g/mol. The molecule has 108 valence electrons. The first-order chi connectivity index (χ1) is 9.33. The number of carbonyl (C=O) groups excluding carboxylic acids is 1. The first kappa shape index (κ1) is 14.9. The summed E-state index contributed by atoms with van der Waals surface area (Å²) < 4.78 is 0. The zero-order valence-corrected chi connectivity index (χ0v) is 12.3. The van der Waals surface area contributed by atoms with Crippen molar-refractivity contribution in [1.82, 2.24) is 5.32 Å². The predicted octanol–water partition coefficient (Wildman–Crippen LogP) is 2.45. The number of amides is 1. The Labute approximate surface area is 123 Å². The van der Waals surface area contributed by atoms with Crippen LogP contribution in [0.3, 0.4) is 0 Å². The number of halogens is 1. The lowest BCUT2D eigenvalue weighted by Gasteiger charge is -2.26. The van der Waals surface area contributed by atoms with Crippen LogP contribution >= 0.6 is 11.6 Å². The summed E-state index contributed by atoms with van der Waals surface area (Å²) in [6, 6.07) is 7.53. The van der Waals surface area contributed by atoms with Gasteiger partial charge in [0.05, 0.1) is 11.8 Å². The van der Waals surface area contributed by atoms with Crippen molar-refractivity contribution >= 4 is 23.5 Å². The number of rotatable bonds is 5. The second-order valence-electron chi connectivity index (χ2n) is 5.87. The molecule has 0 heterocycles. The molecule has 1 saturated carbocycles. The summed E-state index contributed by atoms with van der Waals surface area (Å²) in [6.45, 7) is 4.42. The molecule has 1 aliphatic carbocycles. The summed E-state index contributed by atoms with van der Waals surface area (Å²) in [7, 11) is 0. The molecule has 2 N–H and O–H groups in total. The quantitative estimate of drug-likeness (QED) is 0.877. The lowest BCUT2D eigenvalue weighted by atomic mass is 9.84. The largest absolute Gasteiger partial charge is 0.481 e. The van der Waals surface area contributed by atoms with Gasteiger partial charge in [-0.3, -0.25) is 9.59 Å². The van der Waals surface area contributed by atoms with Crippen LogP contribution in [0.15, 0.2) is 24.3 Å². The summed E-state index contributed by atoms with van der Waals surface area (Å²) in [5, 5.41) is 12.3. The number of aliphatic carboxylic acids is 1. The van der Waals surface area contributed by atoms with E-state index in [4.69, 9.17) is 16.7 Å². The summed E-state index contributed by atoms with van der Waals surface area (Å²) in [4.78, 5) is 22.6. The van der Waals surface area contributed by atoms with E-state index < -0.39 is 11.9 Å². The van der Waals surface area contributed by atoms with Crippen LogP contribution in [-0.4, -0.2) is 23.5 Å². The highest BCUT2D eigenvalue weighted by molar-refractivity contribution is 6.31. The van der Waals surface area contributed by atoms with E-state index in [0.717, 1.165) is 5.56 Å². The van der Waals surface area contributed by atoms with E-state index in [9.17, 15) is 9.59 Å². The molecule has 1 aromatic carbocycles. The Bertz CT molecular complexity index is 542. The van der Waals surface area contributed by atoms with Gasteiger partial charge in [-0.15, -0.1) is 0 Å². The molecule has 0 bridgehead atoms. The minimum Gasteiger partial charge on any atom is -0.481 e. The smallest absolute Gasteiger partial charge is 0.307 e. The van der Waals surface area contributed by atoms with Gasteiger partial charge in [0.25, 0.3) is 0 Å². The van der Waals surface area contributed by atoms with Crippen LogP contribution in [0.5, 0.6) is 0 Å². The maximum atomic E-state index is 11.9. The molecule has 1 aromatic rings. The van der Waals surface area contributed by atoms with Gasteiger partial charge < -0.3 is 10.4 Å². The van der Waals surface area contributed by atoms with Gasteiger partial charge in [-0.25, -0.2) is 0 Å². The first-order valence-electron chi connectivity index (χ1n) is 6.58. The maximum Gasteiger partial charge on any atom is 0.307 e. The van der Waals surface area contributed by atoms with Crippen LogP contribution < -0.4 is 5.32 Å². The minimum atomic E-state index is -0.893. The van der Waals surface area contributed by atoms with Crippen LogP contribution in [0.25, 0.3) is 0 Å². The standard InChI is InChI=1S/C15H18ClNO3/c1-15(2,11-5-3-4-6-12(11)16)8-17-13(18)9-7-10(9)14(19)20/h3-6,9-10H,7-8H2,1-2H3,(H,17,18)(H,19,20). The molecular formula is C15H18ClNO3. The number of hydrogen-bond donors (Lipinski definition) is 2. The Morgan fingerprint density at radius 2 is 2.00 bits per heavy atom. The Morgan fingerprint density at radius 1 is 1.35 bits per heavy atom. The number of nitrogens with one attached hydrogen (secondary N) is 1. The van der Waals surface area contributed by atoms with Crippen molar-refractivity contribution in [3.8, 4) is 0 Å². The molecule has 1 amide bonds. The second kappa shape index (κ2) is 5.44. The lowest BCUT2D eigenvalue weighted by molar-refractivity contribution is -0.140. The topological polar surface area (TPSA) is 66.4 Å². The van der Waals surface area contributed by atoms with Crippen molar-refractivity contribution < 1.29 is 14.7 Å². The lowest BCUT2D eigenvalue weighted by Crippen LogP contribution is -2.38. The van der Waals surface area contributed by atoms with E-state index in [1.54, 1.807) is 0 Å². The summed E-state index contributed by atoms with van der Waals surface area (Å²) in [6.07, 6.45) is 0.438. The fourth-order valence-electron chi connectivity index (χ4n) is 2.30. The van der Waals surface area contributed by atoms with E-state index in [1.807, 2.05) is 38.1 Å². The zero-order valence-electron chi connectivity index (χ0n) is 11.5. The number of carbonyl (C=O) groups is 2. The molecule has 20 heavy (non-hydrogen) atoms. The maximum absolute atomic E-state index is 11.9. The fraction of sp³-hybridized carbons (Fsp3) is 0.467. The highest BCUT2D eigenvalue weighted by Crippen LogP contribution is 2.39. The highest BCUT2D eigenvalue weighted by atomic mass is 35.5. The van der Waals surface area contributed by atoms with Gasteiger partial charge in [0.2, 0.25) is 5.91 Å². The molecule has 0 aromatic heterocycles. The molecule has 0 aliphatic heterocycles. The molecule has 2 unspecified atom stereocenters. The summed E-state index contributed by atoms with van der Waals surface area (Å²) in [5.74, 6) is -1.97. The van der Waals surface area contributed by atoms with E-state index >= 15 is 0 Å². The van der Waals surface area contributed by atoms with Crippen LogP contribution in [0, 0.1) is 11.8 Å². The number of carboxylic acids is 1. The second-order valence-corrected chi connectivity index (χ2v) is 6.28. The van der Waals surface area contributed by atoms with Crippen molar-refractivity contribution in [2.24, 2.45) is 11.8 Å². The molecule has 2 rings (SSSR count). The highest BCUT2D eigenvalue weighted by Gasteiger charge is 2.48. The molecule has 0 saturated heterocycles. The van der Waals surface area contributed by atoms with Gasteiger partial charge in [0.15, 0.2) is 0 Å². The third-order valence-corrected chi connectivity index (χ3v) is 4.08. The van der Waals surface area contributed by atoms with Gasteiger partial charge in [0, 0.05) is 17.0 Å². The molecule has 0 radical (unpaired) electrons. The van der Waals surface area contributed by atoms with Gasteiger partial charge in [-0.1, -0.05) is 43.6 Å². The van der Waals surface area contributed by atoms with Crippen molar-refractivity contribution in [3.05, 3.63) is 34.9 Å². The average Bonchev–Trinajstić information content (AvgIpc) is 3.16. The molecule has 1 aliphatic rings. The van der Waals surface area contributed by atoms with Crippen LogP contribution in [-0.2, 0) is 15.0 Å². The van der Waals surface area contributed by atoms with Crippen molar-refractivity contribution in [3.63, 3.8) is 0 Å². The third-order valence-electron chi connectivity index (χ3n) is 3.75. The van der Waals surface area contributed by atoms with Crippen molar-refractivity contribution in [2.75, 3.05) is 6.54 Å². The van der Waals surface area contributed by atoms with Gasteiger partial charge in [-0.05, 0) is 18.1 Å². The van der Waals surface area contributed by atoms with E-state index in [-0.39, 0.29) is 17.2 Å². The molecule has 2 atom stereocenters. The van der Waals surface area contributed by atoms with E-state index in [1.165, 1.54) is 0 Å². The molecule has 1 fully saturated rings. The van der Waals surface area contributed by atoms with Crippen molar-refractivity contribution in [1.29, 1.82) is 0 Å². The normalized spacial score (nSPS) is 21.4. The average molecular weight is 296 g/mol. The predicted molar refractivity (Wildman–Crippen MR) is 76.7 cm³/mol. The molecule has 0 spiro atoms. The Hall–Kier alpha value is -1.55. The van der Waals surface area contributed by atoms with Crippen molar-refractivity contribution in [2.45, 2.75) is 25.7 Å². The Morgan fingerprint density at radius 3 is 2.55 bits per heavy atom. The molecule has 5 heteroatoms. The minimum absolute atomic E-state index is 0.183. The summed E-state index contributed by atoms with van der Waals surface area (Å²) in [5.41, 5.74) is 0.661. The SMILES string of the molecule is CC(C)(CNC(=O)C1CC1C(=O)O)c1ccccc1Cl. The number of carboxylic acid groups (broad SMARTS) is 1. The number of benzene rings is 1. The molecule has 4 nitrogen and oxygen atoms in total. The Balaban J connectivity index is 1.95. The van der Waals surface area contributed by atoms with Crippen LogP contribution in [0.4, 0.5) is 0 Å².